The Morgan fingerprint density at radius 2 is 1.91 bits per heavy atom. The van der Waals surface area contributed by atoms with Crippen LogP contribution >= 0.6 is 11.3 Å². The highest BCUT2D eigenvalue weighted by Crippen LogP contribution is 2.31. The van der Waals surface area contributed by atoms with E-state index in [2.05, 4.69) is 38.4 Å². The zero-order valence-corrected chi connectivity index (χ0v) is 19.2. The van der Waals surface area contributed by atoms with Crippen molar-refractivity contribution in [2.75, 3.05) is 39.3 Å². The number of carbonyl (C=O) groups excluding carboxylic acids is 1. The first-order valence-corrected chi connectivity index (χ1v) is 12.2. The van der Waals surface area contributed by atoms with Crippen LogP contribution in [0.25, 0.3) is 10.3 Å². The van der Waals surface area contributed by atoms with Gasteiger partial charge in [0.05, 0.1) is 4.70 Å². The van der Waals surface area contributed by atoms with Gasteiger partial charge in [0.15, 0.2) is 5.65 Å². The van der Waals surface area contributed by atoms with Gasteiger partial charge in [-0.2, -0.15) is 4.98 Å². The molecule has 0 saturated carbocycles. The van der Waals surface area contributed by atoms with Crippen LogP contribution in [0.2, 0.25) is 0 Å². The van der Waals surface area contributed by atoms with E-state index in [-0.39, 0.29) is 5.92 Å². The van der Waals surface area contributed by atoms with Gasteiger partial charge in [-0.3, -0.25) is 9.69 Å². The number of amides is 1. The van der Waals surface area contributed by atoms with Crippen molar-refractivity contribution in [2.24, 2.45) is 5.92 Å². The number of piperidine rings is 1. The van der Waals surface area contributed by atoms with Crippen molar-refractivity contribution in [1.29, 1.82) is 0 Å². The minimum absolute atomic E-state index is 0.187. The zero-order chi connectivity index (χ0) is 21.9. The summed E-state index contributed by atoms with van der Waals surface area (Å²) >= 11 is 1.51. The maximum absolute atomic E-state index is 12.7. The summed E-state index contributed by atoms with van der Waals surface area (Å²) in [7, 11) is 0. The number of rotatable bonds is 5. The predicted molar refractivity (Wildman–Crippen MR) is 126 cm³/mol. The Kier molecular flexibility index (Phi) is 6.34. The van der Waals surface area contributed by atoms with Gasteiger partial charge in [-0.25, -0.2) is 4.98 Å². The molecule has 0 aliphatic carbocycles. The van der Waals surface area contributed by atoms with E-state index in [4.69, 9.17) is 4.74 Å². The molecule has 2 saturated heterocycles. The minimum atomic E-state index is 0.187. The molecule has 168 valence electrons. The molecule has 4 heterocycles. The number of nitrogens with one attached hydrogen (secondary N) is 1. The summed E-state index contributed by atoms with van der Waals surface area (Å²) < 4.78 is 6.99. The molecular weight excluding hydrogens is 422 g/mol. The Morgan fingerprint density at radius 1 is 1.16 bits per heavy atom. The Hall–Kier alpha value is -2.55. The van der Waals surface area contributed by atoms with Crippen LogP contribution in [0.15, 0.2) is 36.5 Å². The van der Waals surface area contributed by atoms with Crippen molar-refractivity contribution >= 4 is 27.6 Å². The van der Waals surface area contributed by atoms with Crippen LogP contribution in [0, 0.1) is 12.8 Å². The SMILES string of the molecule is Cc1cnc2nc(Oc3ccc(CN4CCC(C(=O)N5CCNCC5)CC4)cc3)sc2c1. The van der Waals surface area contributed by atoms with Crippen molar-refractivity contribution in [3.8, 4) is 10.9 Å². The van der Waals surface area contributed by atoms with Crippen LogP contribution in [0.4, 0.5) is 0 Å². The third kappa shape index (κ3) is 4.92. The number of ether oxygens (including phenoxy) is 1. The lowest BCUT2D eigenvalue weighted by molar-refractivity contribution is -0.137. The number of pyridine rings is 1. The van der Waals surface area contributed by atoms with E-state index in [0.29, 0.717) is 11.1 Å². The number of hydrogen-bond acceptors (Lipinski definition) is 7. The summed E-state index contributed by atoms with van der Waals surface area (Å²) in [5.41, 5.74) is 3.10. The average molecular weight is 452 g/mol. The molecule has 2 fully saturated rings. The molecule has 2 aliphatic rings. The first-order chi connectivity index (χ1) is 15.6. The molecule has 0 spiro atoms. The summed E-state index contributed by atoms with van der Waals surface area (Å²) in [4.78, 5) is 26.0. The van der Waals surface area contributed by atoms with E-state index in [1.54, 1.807) is 0 Å². The third-order valence-electron chi connectivity index (χ3n) is 6.26. The second-order valence-corrected chi connectivity index (χ2v) is 9.68. The lowest BCUT2D eigenvalue weighted by atomic mass is 9.94. The summed E-state index contributed by atoms with van der Waals surface area (Å²) in [6, 6.07) is 10.3. The number of thiazole rings is 1. The fourth-order valence-electron chi connectivity index (χ4n) is 4.44. The van der Waals surface area contributed by atoms with Gasteiger partial charge in [-0.05, 0) is 62.2 Å². The molecule has 0 bridgehead atoms. The van der Waals surface area contributed by atoms with Crippen molar-refractivity contribution < 1.29 is 9.53 Å². The van der Waals surface area contributed by atoms with E-state index in [1.165, 1.54) is 16.9 Å². The minimum Gasteiger partial charge on any atom is -0.431 e. The van der Waals surface area contributed by atoms with Gasteiger partial charge < -0.3 is 15.0 Å². The first-order valence-electron chi connectivity index (χ1n) is 11.4. The highest BCUT2D eigenvalue weighted by molar-refractivity contribution is 7.20. The van der Waals surface area contributed by atoms with Crippen LogP contribution in [-0.4, -0.2) is 64.9 Å². The number of hydrogen-bond donors (Lipinski definition) is 1. The standard InChI is InChI=1S/C24H29N5O2S/c1-17-14-21-22(26-15-17)27-24(32-21)31-20-4-2-18(3-5-20)16-28-10-6-19(7-11-28)23(30)29-12-8-25-9-13-29/h2-5,14-15,19,25H,6-13,16H2,1H3. The quantitative estimate of drug-likeness (QED) is 0.641. The first kappa shape index (κ1) is 21.3. The molecule has 0 radical (unpaired) electrons. The topological polar surface area (TPSA) is 70.6 Å². The van der Waals surface area contributed by atoms with E-state index in [1.807, 2.05) is 30.2 Å². The Labute approximate surface area is 192 Å². The number of fused-ring (bicyclic) bond motifs is 1. The number of benzene rings is 1. The molecule has 1 aromatic carbocycles. The highest BCUT2D eigenvalue weighted by atomic mass is 32.1. The second kappa shape index (κ2) is 9.52. The van der Waals surface area contributed by atoms with Gasteiger partial charge in [0.2, 0.25) is 5.91 Å². The second-order valence-electron chi connectivity index (χ2n) is 8.69. The van der Waals surface area contributed by atoms with Gasteiger partial charge >= 0.3 is 0 Å². The molecule has 3 aromatic rings. The van der Waals surface area contributed by atoms with Gasteiger partial charge in [0.1, 0.15) is 5.75 Å². The Balaban J connectivity index is 1.13. The van der Waals surface area contributed by atoms with Gasteiger partial charge in [0, 0.05) is 44.8 Å². The zero-order valence-electron chi connectivity index (χ0n) is 18.4. The van der Waals surface area contributed by atoms with Crippen LogP contribution in [0.1, 0.15) is 24.0 Å². The molecule has 7 nitrogen and oxygen atoms in total. The van der Waals surface area contributed by atoms with E-state index < -0.39 is 0 Å². The summed E-state index contributed by atoms with van der Waals surface area (Å²) in [6.07, 6.45) is 3.73. The molecule has 0 atom stereocenters. The molecule has 8 heteroatoms. The normalized spacial score (nSPS) is 18.2. The summed E-state index contributed by atoms with van der Waals surface area (Å²) in [5, 5.41) is 3.93. The summed E-state index contributed by atoms with van der Waals surface area (Å²) in [6.45, 7) is 8.40. The fraction of sp³-hybridized carbons (Fsp3) is 0.458. The van der Waals surface area contributed by atoms with Crippen molar-refractivity contribution in [1.82, 2.24) is 25.1 Å². The van der Waals surface area contributed by atoms with Crippen LogP contribution in [0.5, 0.6) is 10.9 Å². The highest BCUT2D eigenvalue weighted by Gasteiger charge is 2.29. The maximum Gasteiger partial charge on any atom is 0.281 e. The molecule has 32 heavy (non-hydrogen) atoms. The number of nitrogens with zero attached hydrogens (tertiary/aromatic N) is 4. The molecular formula is C24H29N5O2S. The number of likely N-dealkylation sites (tertiary alicyclic amines) is 1. The third-order valence-corrected chi connectivity index (χ3v) is 7.13. The van der Waals surface area contributed by atoms with Crippen molar-refractivity contribution in [2.45, 2.75) is 26.3 Å². The fourth-order valence-corrected chi connectivity index (χ4v) is 5.34. The molecule has 2 aromatic heterocycles. The van der Waals surface area contributed by atoms with Crippen LogP contribution in [-0.2, 0) is 11.3 Å². The number of aryl methyl sites for hydroxylation is 1. The Bertz CT molecular complexity index is 1070. The van der Waals surface area contributed by atoms with E-state index in [9.17, 15) is 4.79 Å². The lowest BCUT2D eigenvalue weighted by Gasteiger charge is -2.35. The van der Waals surface area contributed by atoms with Crippen LogP contribution < -0.4 is 10.1 Å². The number of aromatic nitrogens is 2. The van der Waals surface area contributed by atoms with Crippen molar-refractivity contribution in [3.63, 3.8) is 0 Å². The predicted octanol–water partition coefficient (Wildman–Crippen LogP) is 3.44. The number of carbonyl (C=O) groups is 1. The molecule has 5 rings (SSSR count). The molecule has 1 N–H and O–H groups in total. The molecule has 2 aliphatic heterocycles. The van der Waals surface area contributed by atoms with Gasteiger partial charge in [-0.15, -0.1) is 0 Å². The molecule has 0 unspecified atom stereocenters. The monoisotopic (exact) mass is 451 g/mol. The van der Waals surface area contributed by atoms with Gasteiger partial charge in [0.25, 0.3) is 5.19 Å². The van der Waals surface area contributed by atoms with Crippen LogP contribution in [0.3, 0.4) is 0 Å². The van der Waals surface area contributed by atoms with Crippen molar-refractivity contribution in [3.05, 3.63) is 47.7 Å². The average Bonchev–Trinajstić information content (AvgIpc) is 3.22. The smallest absolute Gasteiger partial charge is 0.281 e. The maximum atomic E-state index is 12.7. The summed E-state index contributed by atoms with van der Waals surface area (Å²) in [5.74, 6) is 1.32. The van der Waals surface area contributed by atoms with E-state index >= 15 is 0 Å². The van der Waals surface area contributed by atoms with Gasteiger partial charge in [-0.1, -0.05) is 23.5 Å². The lowest BCUT2D eigenvalue weighted by Crippen LogP contribution is -2.50. The number of piperazine rings is 1. The molecule has 1 amide bonds. The largest absolute Gasteiger partial charge is 0.431 e. The van der Waals surface area contributed by atoms with E-state index in [0.717, 1.165) is 80.3 Å². The Morgan fingerprint density at radius 3 is 2.66 bits per heavy atom.